The smallest absolute Gasteiger partial charge is 0.321 e. The number of carboxylic acid groups (broad SMARTS) is 1. The quantitative estimate of drug-likeness (QED) is 0.396. The van der Waals surface area contributed by atoms with Crippen molar-refractivity contribution < 1.29 is 14.8 Å². The number of hydrogen-bond donors (Lipinski definition) is 2. The molecule has 0 spiro atoms. The lowest BCUT2D eigenvalue weighted by Crippen LogP contribution is -2.68. The first kappa shape index (κ1) is 19.0. The maximum atomic E-state index is 11.6. The van der Waals surface area contributed by atoms with Gasteiger partial charge < -0.3 is 15.3 Å². The van der Waals surface area contributed by atoms with Crippen LogP contribution in [0.1, 0.15) is 6.92 Å². The fourth-order valence-electron chi connectivity index (χ4n) is 4.16. The predicted molar refractivity (Wildman–Crippen MR) is 96.2 cm³/mol. The minimum Gasteiger partial charge on any atom is -0.480 e. The molecule has 0 aromatic heterocycles. The van der Waals surface area contributed by atoms with Crippen molar-refractivity contribution in [1.82, 2.24) is 20.0 Å². The van der Waals surface area contributed by atoms with Gasteiger partial charge in [0.25, 0.3) is 5.70 Å². The molecule has 144 valence electrons. The van der Waals surface area contributed by atoms with Gasteiger partial charge in [-0.2, -0.15) is 0 Å². The Labute approximate surface area is 153 Å². The van der Waals surface area contributed by atoms with E-state index in [1.54, 1.807) is 6.08 Å². The minimum absolute atomic E-state index is 0.179. The minimum atomic E-state index is -1.20. The highest BCUT2D eigenvalue weighted by atomic mass is 16.6. The summed E-state index contributed by atoms with van der Waals surface area (Å²) in [6.07, 6.45) is 4.94. The topological polar surface area (TPSA) is 102 Å². The van der Waals surface area contributed by atoms with E-state index in [2.05, 4.69) is 34.0 Å². The van der Waals surface area contributed by atoms with Gasteiger partial charge in [-0.25, -0.2) is 0 Å². The molecule has 0 saturated carbocycles. The molecular weight excluding hydrogens is 338 g/mol. The molecule has 0 bridgehead atoms. The van der Waals surface area contributed by atoms with Crippen molar-refractivity contribution in [3.63, 3.8) is 0 Å². The highest BCUT2D eigenvalue weighted by molar-refractivity contribution is 5.76. The highest BCUT2D eigenvalue weighted by Crippen LogP contribution is 2.35. The summed E-state index contributed by atoms with van der Waals surface area (Å²) in [5, 5.41) is 24.4. The molecule has 2 fully saturated rings. The first-order chi connectivity index (χ1) is 12.3. The summed E-state index contributed by atoms with van der Waals surface area (Å²) in [6, 6.07) is 0.179. The summed E-state index contributed by atoms with van der Waals surface area (Å²) in [5.41, 5.74) is -0.999. The number of rotatable bonds is 4. The molecule has 2 saturated heterocycles. The zero-order valence-electron chi connectivity index (χ0n) is 15.3. The van der Waals surface area contributed by atoms with E-state index in [9.17, 15) is 20.0 Å². The molecule has 1 aliphatic carbocycles. The van der Waals surface area contributed by atoms with Crippen LogP contribution in [0.2, 0.25) is 0 Å². The Hall–Kier alpha value is -1.81. The Balaban J connectivity index is 2.04. The Bertz CT molecular complexity index is 629. The Morgan fingerprint density at radius 2 is 2.04 bits per heavy atom. The second kappa shape index (κ2) is 7.43. The normalized spacial score (nSPS) is 34.5. The van der Waals surface area contributed by atoms with Gasteiger partial charge in [-0.1, -0.05) is 6.08 Å². The number of piperazine rings is 2. The van der Waals surface area contributed by atoms with E-state index in [0.717, 1.165) is 45.8 Å². The molecule has 9 heteroatoms. The van der Waals surface area contributed by atoms with E-state index in [0.29, 0.717) is 0 Å². The van der Waals surface area contributed by atoms with E-state index in [1.165, 1.54) is 6.08 Å². The van der Waals surface area contributed by atoms with Gasteiger partial charge in [-0.15, -0.1) is 0 Å². The van der Waals surface area contributed by atoms with E-state index in [1.807, 2.05) is 6.08 Å². The lowest BCUT2D eigenvalue weighted by atomic mass is 9.88. The first-order valence-electron chi connectivity index (χ1n) is 9.05. The molecule has 0 aromatic carbocycles. The van der Waals surface area contributed by atoms with Gasteiger partial charge in [-0.05, 0) is 20.0 Å². The standard InChI is InChI=1S/C17H27N5O4/c1-13-12-18-5-6-21(13)17(20-9-7-19(2)8-10-20)4-3-14(16(23)24)15(11-17)22(25)26/h3-4,11,13-14,18H,5-10,12H2,1-2H3,(H,23,24). The van der Waals surface area contributed by atoms with E-state index in [-0.39, 0.29) is 11.7 Å². The van der Waals surface area contributed by atoms with Crippen LogP contribution in [0.25, 0.3) is 0 Å². The van der Waals surface area contributed by atoms with Gasteiger partial charge in [0.15, 0.2) is 5.92 Å². The molecule has 0 amide bonds. The zero-order chi connectivity index (χ0) is 18.9. The third kappa shape index (κ3) is 3.39. The summed E-state index contributed by atoms with van der Waals surface area (Å²) in [4.78, 5) is 29.3. The number of hydrogen-bond acceptors (Lipinski definition) is 7. The van der Waals surface area contributed by atoms with Crippen LogP contribution in [0.5, 0.6) is 0 Å². The van der Waals surface area contributed by atoms with Crippen molar-refractivity contribution >= 4 is 5.97 Å². The average molecular weight is 365 g/mol. The maximum Gasteiger partial charge on any atom is 0.321 e. The van der Waals surface area contributed by atoms with Crippen molar-refractivity contribution in [3.8, 4) is 0 Å². The largest absolute Gasteiger partial charge is 0.480 e. The van der Waals surface area contributed by atoms with Gasteiger partial charge in [0.05, 0.1) is 4.92 Å². The number of aliphatic carboxylic acids is 1. The molecule has 9 nitrogen and oxygen atoms in total. The molecule has 3 atom stereocenters. The van der Waals surface area contributed by atoms with Gasteiger partial charge in [-0.3, -0.25) is 24.7 Å². The summed E-state index contributed by atoms with van der Waals surface area (Å²) >= 11 is 0. The van der Waals surface area contributed by atoms with E-state index >= 15 is 0 Å². The first-order valence-corrected chi connectivity index (χ1v) is 9.05. The number of nitrogens with zero attached hydrogens (tertiary/aromatic N) is 4. The SMILES string of the molecule is CC1CNCCN1C1(N2CCN(C)CC2)C=CC(C(=O)O)C([N+](=O)[O-])=C1. The molecule has 2 aliphatic heterocycles. The van der Waals surface area contributed by atoms with Crippen LogP contribution < -0.4 is 5.32 Å². The fraction of sp³-hybridized carbons (Fsp3) is 0.706. The van der Waals surface area contributed by atoms with Crippen molar-refractivity contribution in [3.05, 3.63) is 34.0 Å². The number of carboxylic acids is 1. The summed E-state index contributed by atoms with van der Waals surface area (Å²) in [6.45, 7) is 7.75. The second-order valence-electron chi connectivity index (χ2n) is 7.32. The van der Waals surface area contributed by atoms with E-state index in [4.69, 9.17) is 0 Å². The highest BCUT2D eigenvalue weighted by Gasteiger charge is 2.48. The summed E-state index contributed by atoms with van der Waals surface area (Å²) < 4.78 is 0. The molecule has 3 unspecified atom stereocenters. The lowest BCUT2D eigenvalue weighted by molar-refractivity contribution is -0.432. The molecule has 0 aromatic rings. The van der Waals surface area contributed by atoms with Crippen LogP contribution in [0, 0.1) is 16.0 Å². The second-order valence-corrected chi connectivity index (χ2v) is 7.32. The Morgan fingerprint density at radius 1 is 1.35 bits per heavy atom. The van der Waals surface area contributed by atoms with Crippen LogP contribution in [0.4, 0.5) is 0 Å². The molecule has 2 heterocycles. The molecule has 3 rings (SSSR count). The fourth-order valence-corrected chi connectivity index (χ4v) is 4.16. The van der Waals surface area contributed by atoms with Crippen LogP contribution in [0.3, 0.4) is 0 Å². The van der Waals surface area contributed by atoms with Crippen LogP contribution in [-0.2, 0) is 4.79 Å². The Morgan fingerprint density at radius 3 is 2.62 bits per heavy atom. The maximum absolute atomic E-state index is 11.6. The molecular formula is C17H27N5O4. The van der Waals surface area contributed by atoms with Crippen molar-refractivity contribution in [2.24, 2.45) is 5.92 Å². The van der Waals surface area contributed by atoms with Gasteiger partial charge >= 0.3 is 5.97 Å². The van der Waals surface area contributed by atoms with Gasteiger partial charge in [0, 0.05) is 57.9 Å². The lowest BCUT2D eigenvalue weighted by Gasteiger charge is -2.54. The number of nitrogens with one attached hydrogen (secondary N) is 1. The third-order valence-corrected chi connectivity index (χ3v) is 5.66. The van der Waals surface area contributed by atoms with Gasteiger partial charge in [0.2, 0.25) is 0 Å². The monoisotopic (exact) mass is 365 g/mol. The van der Waals surface area contributed by atoms with Crippen molar-refractivity contribution in [2.45, 2.75) is 18.6 Å². The number of likely N-dealkylation sites (N-methyl/N-ethyl adjacent to an activating group) is 1. The van der Waals surface area contributed by atoms with Gasteiger partial charge in [0.1, 0.15) is 5.66 Å². The predicted octanol–water partition coefficient (Wildman–Crippen LogP) is -0.345. The molecule has 2 N–H and O–H groups in total. The number of nitro groups is 1. The molecule has 0 radical (unpaired) electrons. The van der Waals surface area contributed by atoms with Crippen molar-refractivity contribution in [2.75, 3.05) is 52.9 Å². The van der Waals surface area contributed by atoms with Crippen LogP contribution >= 0.6 is 0 Å². The molecule has 3 aliphatic rings. The Kier molecular flexibility index (Phi) is 5.42. The molecule has 26 heavy (non-hydrogen) atoms. The van der Waals surface area contributed by atoms with Crippen LogP contribution in [0.15, 0.2) is 23.9 Å². The summed E-state index contributed by atoms with van der Waals surface area (Å²) in [7, 11) is 2.06. The van der Waals surface area contributed by atoms with E-state index < -0.39 is 22.5 Å². The third-order valence-electron chi connectivity index (χ3n) is 5.66. The van der Waals surface area contributed by atoms with Crippen molar-refractivity contribution in [1.29, 1.82) is 0 Å². The number of carbonyl (C=O) groups is 1. The zero-order valence-corrected chi connectivity index (χ0v) is 15.3. The summed E-state index contributed by atoms with van der Waals surface area (Å²) in [5.74, 6) is -2.40. The average Bonchev–Trinajstić information content (AvgIpc) is 2.62. The van der Waals surface area contributed by atoms with Crippen LogP contribution in [-0.4, -0.2) is 95.3 Å².